The largest absolute Gasteiger partial charge is 0.495 e. The number of nitrogens with one attached hydrogen (secondary N) is 3. The van der Waals surface area contributed by atoms with E-state index in [9.17, 15) is 18.0 Å². The number of nitrogens with zero attached hydrogens (tertiary/aromatic N) is 4. The first-order chi connectivity index (χ1) is 29.7. The first-order valence-electron chi connectivity index (χ1n) is 20.4. The van der Waals surface area contributed by atoms with Crippen LogP contribution in [0, 0.1) is 20.8 Å². The maximum absolute atomic E-state index is 14.9. The third-order valence-electron chi connectivity index (χ3n) is 10.9. The van der Waals surface area contributed by atoms with Crippen molar-refractivity contribution in [1.29, 1.82) is 0 Å². The van der Waals surface area contributed by atoms with Crippen molar-refractivity contribution < 1.29 is 27.4 Å². The number of hydrogen-bond donors (Lipinski definition) is 3. The molecule has 0 aliphatic carbocycles. The summed E-state index contributed by atoms with van der Waals surface area (Å²) in [6.45, 7) is 11.3. The summed E-state index contributed by atoms with van der Waals surface area (Å²) in [7, 11) is -1.91. The summed E-state index contributed by atoms with van der Waals surface area (Å²) in [5, 5.41) is 6.63. The normalized spacial score (nSPS) is 16.8. The van der Waals surface area contributed by atoms with E-state index in [1.54, 1.807) is 72.8 Å². The van der Waals surface area contributed by atoms with E-state index >= 15 is 0 Å². The average Bonchev–Trinajstić information content (AvgIpc) is 3.95. The molecular formula is C47H52N7O7S+. The molecule has 14 nitrogen and oxygen atoms in total. The number of anilines is 2. The van der Waals surface area contributed by atoms with Crippen molar-refractivity contribution in [1.82, 2.24) is 18.8 Å². The molecule has 3 N–H and O–H groups in total. The van der Waals surface area contributed by atoms with Crippen LogP contribution in [0.25, 0.3) is 16.6 Å². The molecule has 1 aliphatic heterocycles. The molecule has 0 saturated carbocycles. The maximum atomic E-state index is 14.9. The Labute approximate surface area is 361 Å². The number of carbonyl (C=O) groups excluding carboxylic acids is 1. The van der Waals surface area contributed by atoms with Gasteiger partial charge in [0, 0.05) is 24.2 Å². The van der Waals surface area contributed by atoms with Crippen LogP contribution in [0.2, 0.25) is 0 Å². The van der Waals surface area contributed by atoms with Crippen LogP contribution < -0.4 is 34.9 Å². The molecule has 2 heterocycles. The summed E-state index contributed by atoms with van der Waals surface area (Å²) in [5.41, 5.74) is 5.59. The molecule has 62 heavy (non-hydrogen) atoms. The van der Waals surface area contributed by atoms with Gasteiger partial charge in [0.2, 0.25) is 22.5 Å². The summed E-state index contributed by atoms with van der Waals surface area (Å²) in [6.07, 6.45) is 0.975. The predicted octanol–water partition coefficient (Wildman–Crippen LogP) is 7.50. The lowest BCUT2D eigenvalue weighted by Gasteiger charge is -2.21. The number of benzene rings is 5. The van der Waals surface area contributed by atoms with Crippen molar-refractivity contribution >= 4 is 55.3 Å². The van der Waals surface area contributed by atoms with Crippen LogP contribution in [-0.4, -0.2) is 75.2 Å². The van der Waals surface area contributed by atoms with Gasteiger partial charge in [0.25, 0.3) is 11.5 Å². The van der Waals surface area contributed by atoms with Crippen molar-refractivity contribution in [3.63, 3.8) is 0 Å². The molecule has 322 valence electrons. The fourth-order valence-corrected chi connectivity index (χ4v) is 8.33. The zero-order valence-corrected chi connectivity index (χ0v) is 36.7. The molecule has 6 aromatic rings. The molecule has 3 unspecified atom stereocenters. The third-order valence-corrected chi connectivity index (χ3v) is 11.6. The Balaban J connectivity index is 1.25. The maximum Gasteiger partial charge on any atom is 0.278 e. The van der Waals surface area contributed by atoms with Gasteiger partial charge in [-0.2, -0.15) is 4.72 Å². The molecular weight excluding hydrogens is 807 g/mol. The Hall–Kier alpha value is -6.39. The number of aliphatic imine (C=N–C) groups is 1. The SMILES string of the molecule is CCC(OCNc1ccc(OC)c(NC(=O)C(=Nc2ccc([N+]3(CC)CC3NS(C)(=O)=O)cc2C)c2nc3ccccc3c(=O)n2-c2ccccc2)c1)Oc1ccc(C)cc1C. The van der Waals surface area contributed by atoms with E-state index in [1.807, 2.05) is 65.0 Å². The molecule has 15 heteroatoms. The number of carbonyl (C=O) groups is 1. The van der Waals surface area contributed by atoms with Gasteiger partial charge in [-0.15, -0.1) is 0 Å². The summed E-state index contributed by atoms with van der Waals surface area (Å²) in [4.78, 5) is 39.1. The number of aromatic nitrogens is 2. The number of hydrogen-bond acceptors (Lipinski definition) is 10. The number of fused-ring (bicyclic) bond motifs is 1. The average molecular weight is 859 g/mol. The van der Waals surface area contributed by atoms with E-state index in [-0.39, 0.29) is 30.0 Å². The topological polar surface area (TPSA) is 162 Å². The van der Waals surface area contributed by atoms with Crippen molar-refractivity contribution in [3.05, 3.63) is 142 Å². The molecule has 7 rings (SSSR count). The van der Waals surface area contributed by atoms with Crippen LogP contribution in [0.5, 0.6) is 11.5 Å². The van der Waals surface area contributed by atoms with Gasteiger partial charge < -0.3 is 24.8 Å². The summed E-state index contributed by atoms with van der Waals surface area (Å²) in [5.74, 6) is 0.505. The number of rotatable bonds is 17. The number of quaternary nitrogens is 1. The molecule has 1 saturated heterocycles. The number of aryl methyl sites for hydroxylation is 3. The van der Waals surface area contributed by atoms with Gasteiger partial charge in [-0.3, -0.25) is 18.6 Å². The lowest BCUT2D eigenvalue weighted by Crippen LogP contribution is -2.38. The Morgan fingerprint density at radius 2 is 1.66 bits per heavy atom. The first kappa shape index (κ1) is 43.7. The molecule has 0 bridgehead atoms. The van der Waals surface area contributed by atoms with E-state index in [4.69, 9.17) is 24.2 Å². The Kier molecular flexibility index (Phi) is 12.9. The predicted molar refractivity (Wildman–Crippen MR) is 246 cm³/mol. The second-order valence-corrected chi connectivity index (χ2v) is 17.2. The van der Waals surface area contributed by atoms with Gasteiger partial charge in [0.15, 0.2) is 18.1 Å². The van der Waals surface area contributed by atoms with Gasteiger partial charge in [-0.25, -0.2) is 18.4 Å². The molecule has 1 fully saturated rings. The van der Waals surface area contributed by atoms with Crippen LogP contribution >= 0.6 is 0 Å². The monoisotopic (exact) mass is 858 g/mol. The highest BCUT2D eigenvalue weighted by molar-refractivity contribution is 7.88. The Morgan fingerprint density at radius 3 is 2.35 bits per heavy atom. The van der Waals surface area contributed by atoms with Gasteiger partial charge in [0.05, 0.1) is 47.9 Å². The zero-order chi connectivity index (χ0) is 44.2. The summed E-state index contributed by atoms with van der Waals surface area (Å²) in [6, 6.07) is 32.8. The second kappa shape index (κ2) is 18.3. The molecule has 5 aromatic carbocycles. The minimum absolute atomic E-state index is 0.0253. The lowest BCUT2D eigenvalue weighted by atomic mass is 10.1. The molecule has 0 spiro atoms. The second-order valence-electron chi connectivity index (χ2n) is 15.4. The summed E-state index contributed by atoms with van der Waals surface area (Å²) >= 11 is 0. The number of sulfonamides is 1. The smallest absolute Gasteiger partial charge is 0.278 e. The van der Waals surface area contributed by atoms with Crippen molar-refractivity contribution in [3.8, 4) is 17.2 Å². The minimum Gasteiger partial charge on any atom is -0.495 e. The van der Waals surface area contributed by atoms with Crippen molar-refractivity contribution in [2.75, 3.05) is 43.8 Å². The number of amides is 1. The van der Waals surface area contributed by atoms with Crippen LogP contribution in [0.4, 0.5) is 22.7 Å². The van der Waals surface area contributed by atoms with Crippen LogP contribution in [0.3, 0.4) is 0 Å². The quantitative estimate of drug-likeness (QED) is 0.0365. The van der Waals surface area contributed by atoms with Crippen LogP contribution in [-0.2, 0) is 19.6 Å². The van der Waals surface area contributed by atoms with E-state index in [2.05, 4.69) is 21.4 Å². The van der Waals surface area contributed by atoms with E-state index in [1.165, 1.54) is 11.7 Å². The molecule has 3 atom stereocenters. The fourth-order valence-electron chi connectivity index (χ4n) is 7.56. The Morgan fingerprint density at radius 1 is 0.919 bits per heavy atom. The van der Waals surface area contributed by atoms with Crippen LogP contribution in [0.1, 0.15) is 42.8 Å². The van der Waals surface area contributed by atoms with Gasteiger partial charge in [-0.1, -0.05) is 55.0 Å². The Bertz CT molecular complexity index is 2830. The molecule has 1 amide bonds. The highest BCUT2D eigenvalue weighted by atomic mass is 32.2. The van der Waals surface area contributed by atoms with Crippen molar-refractivity contribution in [2.24, 2.45) is 4.99 Å². The van der Waals surface area contributed by atoms with E-state index < -0.39 is 22.2 Å². The van der Waals surface area contributed by atoms with E-state index in [0.29, 0.717) is 63.4 Å². The third kappa shape index (κ3) is 9.56. The lowest BCUT2D eigenvalue weighted by molar-refractivity contribution is -0.110. The molecule has 1 aromatic heterocycles. The zero-order valence-electron chi connectivity index (χ0n) is 35.9. The highest BCUT2D eigenvalue weighted by Gasteiger charge is 2.57. The fraction of sp³-hybridized carbons (Fsp3) is 0.277. The number of methoxy groups -OCH3 is 1. The van der Waals surface area contributed by atoms with E-state index in [0.717, 1.165) is 34.4 Å². The van der Waals surface area contributed by atoms with Gasteiger partial charge in [0.1, 0.15) is 23.9 Å². The first-order valence-corrected chi connectivity index (χ1v) is 22.3. The molecule has 0 radical (unpaired) electrons. The van der Waals surface area contributed by atoms with Crippen molar-refractivity contribution in [2.45, 2.75) is 53.5 Å². The minimum atomic E-state index is -3.42. The van der Waals surface area contributed by atoms with Gasteiger partial charge in [-0.05, 0) is 93.4 Å². The number of likely N-dealkylation sites (N-methyl/N-ethyl adjacent to an activating group) is 1. The van der Waals surface area contributed by atoms with Crippen LogP contribution in [0.15, 0.2) is 119 Å². The molecule has 1 aliphatic rings. The standard InChI is InChI=1S/C47H51N7O7S/c1-8-43(61-40-23-19-30(3)25-32(40)5)60-29-48-33-20-24-41(59-6)39(27-33)51-46(55)44(45-50-38-18-14-13-17-36(38)47(56)53(45)34-15-11-10-12-16-34)49-37-22-21-35(26-31(37)4)54(9-2)28-42(54)52-62(7,57)58/h10-27,42-43,48,52H,8-9,28-29H2,1-7H3/p+1. The highest BCUT2D eigenvalue weighted by Crippen LogP contribution is 2.40. The number of ether oxygens (including phenoxy) is 3. The number of para-hydroxylation sites is 2. The van der Waals surface area contributed by atoms with Gasteiger partial charge >= 0.3 is 0 Å². The summed E-state index contributed by atoms with van der Waals surface area (Å²) < 4.78 is 46.7.